The van der Waals surface area contributed by atoms with Crippen molar-refractivity contribution in [3.63, 3.8) is 0 Å². The Bertz CT molecular complexity index is 1740. The first-order valence-corrected chi connectivity index (χ1v) is 12.3. The second-order valence-electron chi connectivity index (χ2n) is 8.51. The zero-order valence-electron chi connectivity index (χ0n) is 19.4. The van der Waals surface area contributed by atoms with Crippen molar-refractivity contribution in [2.75, 3.05) is 7.11 Å². The van der Waals surface area contributed by atoms with Crippen LogP contribution in [0, 0.1) is 0 Å². The van der Waals surface area contributed by atoms with Gasteiger partial charge in [-0.05, 0) is 54.8 Å². The second-order valence-corrected chi connectivity index (χ2v) is 9.59. The number of hydrogen-bond donors (Lipinski definition) is 1. The Balaban J connectivity index is 1.70. The standard InChI is InChI=1S/C29H21NO5S/c1-34-19-14-12-18(13-15-19)30-24-21-10-6-5-7-17(21)11-16-22(24)26-23(28(30)32)25(31)27(29(33)35-26)36-20-8-3-2-4-9-20/h2-10,12-15,31H,11,16H2,1H3. The summed E-state index contributed by atoms with van der Waals surface area (Å²) in [5, 5.41) is 11.3. The van der Waals surface area contributed by atoms with E-state index in [0.717, 1.165) is 39.8 Å². The number of aryl methyl sites for hydroxylation is 2. The maximum atomic E-state index is 14.1. The van der Waals surface area contributed by atoms with E-state index >= 15 is 0 Å². The summed E-state index contributed by atoms with van der Waals surface area (Å²) < 4.78 is 12.7. The highest BCUT2D eigenvalue weighted by atomic mass is 32.2. The number of methoxy groups -OCH3 is 1. The highest BCUT2D eigenvalue weighted by molar-refractivity contribution is 7.99. The Morgan fingerprint density at radius 2 is 1.64 bits per heavy atom. The molecule has 0 fully saturated rings. The van der Waals surface area contributed by atoms with E-state index in [4.69, 9.17) is 9.15 Å². The molecule has 0 radical (unpaired) electrons. The summed E-state index contributed by atoms with van der Waals surface area (Å²) in [5.74, 6) is 0.307. The van der Waals surface area contributed by atoms with Gasteiger partial charge in [0.25, 0.3) is 5.56 Å². The molecule has 178 valence electrons. The Labute approximate surface area is 210 Å². The molecule has 1 aliphatic rings. The molecule has 36 heavy (non-hydrogen) atoms. The molecule has 0 amide bonds. The van der Waals surface area contributed by atoms with Crippen molar-refractivity contribution < 1.29 is 14.3 Å². The van der Waals surface area contributed by atoms with E-state index in [1.165, 1.54) is 0 Å². The van der Waals surface area contributed by atoms with Gasteiger partial charge in [-0.25, -0.2) is 4.79 Å². The fourth-order valence-corrected chi connectivity index (χ4v) is 5.65. The Kier molecular flexibility index (Phi) is 5.42. The Morgan fingerprint density at radius 1 is 0.917 bits per heavy atom. The van der Waals surface area contributed by atoms with Crippen LogP contribution in [-0.2, 0) is 12.8 Å². The smallest absolute Gasteiger partial charge is 0.354 e. The zero-order valence-corrected chi connectivity index (χ0v) is 20.2. The fourth-order valence-electron chi connectivity index (χ4n) is 4.79. The summed E-state index contributed by atoms with van der Waals surface area (Å²) in [7, 11) is 1.58. The number of ether oxygens (including phenoxy) is 1. The van der Waals surface area contributed by atoms with E-state index in [2.05, 4.69) is 0 Å². The summed E-state index contributed by atoms with van der Waals surface area (Å²) in [6, 6.07) is 24.3. The van der Waals surface area contributed by atoms with E-state index in [0.29, 0.717) is 23.6 Å². The van der Waals surface area contributed by atoms with E-state index in [9.17, 15) is 14.7 Å². The Hall–Kier alpha value is -4.23. The van der Waals surface area contributed by atoms with Crippen LogP contribution in [0.4, 0.5) is 0 Å². The second kappa shape index (κ2) is 8.77. The third-order valence-corrected chi connectivity index (χ3v) is 7.54. The molecule has 5 aromatic rings. The van der Waals surface area contributed by atoms with E-state index in [1.807, 2.05) is 54.6 Å². The molecule has 3 aromatic carbocycles. The number of nitrogens with zero attached hydrogens (tertiary/aromatic N) is 1. The minimum absolute atomic E-state index is 0.00183. The maximum absolute atomic E-state index is 14.1. The van der Waals surface area contributed by atoms with Crippen LogP contribution >= 0.6 is 11.8 Å². The zero-order chi connectivity index (χ0) is 24.8. The minimum Gasteiger partial charge on any atom is -0.505 e. The van der Waals surface area contributed by atoms with Crippen molar-refractivity contribution in [3.8, 4) is 28.4 Å². The highest BCUT2D eigenvalue weighted by Gasteiger charge is 2.29. The van der Waals surface area contributed by atoms with Gasteiger partial charge >= 0.3 is 5.63 Å². The van der Waals surface area contributed by atoms with Crippen LogP contribution in [0.3, 0.4) is 0 Å². The molecule has 2 aromatic heterocycles. The molecule has 0 spiro atoms. The monoisotopic (exact) mass is 495 g/mol. The third-order valence-electron chi connectivity index (χ3n) is 6.47. The van der Waals surface area contributed by atoms with Gasteiger partial charge in [-0.1, -0.05) is 54.2 Å². The van der Waals surface area contributed by atoms with Gasteiger partial charge in [0, 0.05) is 21.7 Å². The first-order chi connectivity index (χ1) is 17.6. The van der Waals surface area contributed by atoms with Gasteiger partial charge in [0.2, 0.25) is 0 Å². The molecule has 7 heteroatoms. The first-order valence-electron chi connectivity index (χ1n) is 11.5. The summed E-state index contributed by atoms with van der Waals surface area (Å²) in [5.41, 5.74) is 3.05. The van der Waals surface area contributed by atoms with Crippen LogP contribution in [0.25, 0.3) is 27.9 Å². The Morgan fingerprint density at radius 3 is 2.39 bits per heavy atom. The van der Waals surface area contributed by atoms with Crippen molar-refractivity contribution in [2.45, 2.75) is 22.6 Å². The topological polar surface area (TPSA) is 81.7 Å². The molecular weight excluding hydrogens is 474 g/mol. The van der Waals surface area contributed by atoms with Crippen molar-refractivity contribution in [1.29, 1.82) is 0 Å². The minimum atomic E-state index is -0.670. The van der Waals surface area contributed by atoms with Gasteiger partial charge in [-0.2, -0.15) is 0 Å². The molecule has 0 aliphatic heterocycles. The molecule has 0 unspecified atom stereocenters. The molecular formula is C29H21NO5S. The average Bonchev–Trinajstić information content (AvgIpc) is 2.91. The highest BCUT2D eigenvalue weighted by Crippen LogP contribution is 2.41. The average molecular weight is 496 g/mol. The summed E-state index contributed by atoms with van der Waals surface area (Å²) in [6.07, 6.45) is 1.29. The predicted molar refractivity (Wildman–Crippen MR) is 140 cm³/mol. The number of fused-ring (bicyclic) bond motifs is 5. The number of benzene rings is 3. The predicted octanol–water partition coefficient (Wildman–Crippen LogP) is 5.57. The summed E-state index contributed by atoms with van der Waals surface area (Å²) in [6.45, 7) is 0. The molecule has 0 saturated heterocycles. The largest absolute Gasteiger partial charge is 0.505 e. The van der Waals surface area contributed by atoms with E-state index < -0.39 is 11.2 Å². The summed E-state index contributed by atoms with van der Waals surface area (Å²) in [4.78, 5) is 27.9. The van der Waals surface area contributed by atoms with Gasteiger partial charge in [0.1, 0.15) is 16.0 Å². The lowest BCUT2D eigenvalue weighted by atomic mass is 9.87. The molecule has 0 bridgehead atoms. The maximum Gasteiger partial charge on any atom is 0.354 e. The quantitative estimate of drug-likeness (QED) is 0.351. The lowest BCUT2D eigenvalue weighted by Crippen LogP contribution is -2.25. The van der Waals surface area contributed by atoms with Gasteiger partial charge < -0.3 is 14.3 Å². The lowest BCUT2D eigenvalue weighted by Gasteiger charge is -2.25. The lowest BCUT2D eigenvalue weighted by molar-refractivity contribution is 0.414. The van der Waals surface area contributed by atoms with Crippen LogP contribution in [-0.4, -0.2) is 16.8 Å². The number of hydrogen-bond acceptors (Lipinski definition) is 6. The molecule has 1 aliphatic carbocycles. The van der Waals surface area contributed by atoms with Crippen molar-refractivity contribution in [3.05, 3.63) is 111 Å². The van der Waals surface area contributed by atoms with Crippen LogP contribution in [0.5, 0.6) is 11.5 Å². The number of rotatable bonds is 4. The summed E-state index contributed by atoms with van der Waals surface area (Å²) >= 11 is 1.08. The molecule has 0 atom stereocenters. The number of pyridine rings is 1. The van der Waals surface area contributed by atoms with Crippen LogP contribution in [0.2, 0.25) is 0 Å². The molecule has 6 nitrogen and oxygen atoms in total. The van der Waals surface area contributed by atoms with Crippen molar-refractivity contribution in [2.24, 2.45) is 0 Å². The van der Waals surface area contributed by atoms with E-state index in [1.54, 1.807) is 35.9 Å². The van der Waals surface area contributed by atoms with Crippen LogP contribution < -0.4 is 15.9 Å². The van der Waals surface area contributed by atoms with Gasteiger partial charge in [0.15, 0.2) is 11.3 Å². The van der Waals surface area contributed by atoms with E-state index in [-0.39, 0.29) is 21.6 Å². The SMILES string of the molecule is COc1ccc(-n2c3c(c4oc(=O)c(Sc5ccccc5)c(O)c4c2=O)CCc2ccccc2-3)cc1. The normalized spacial score (nSPS) is 12.2. The van der Waals surface area contributed by atoms with Gasteiger partial charge in [-0.15, -0.1) is 0 Å². The number of aromatic nitrogens is 1. The van der Waals surface area contributed by atoms with Crippen LogP contribution in [0.1, 0.15) is 11.1 Å². The van der Waals surface area contributed by atoms with Gasteiger partial charge in [-0.3, -0.25) is 9.36 Å². The molecule has 1 N–H and O–H groups in total. The van der Waals surface area contributed by atoms with Crippen LogP contribution in [0.15, 0.2) is 103 Å². The first kappa shape index (κ1) is 22.2. The molecule has 6 rings (SSSR count). The number of aromatic hydroxyl groups is 1. The van der Waals surface area contributed by atoms with Crippen molar-refractivity contribution in [1.82, 2.24) is 4.57 Å². The third kappa shape index (κ3) is 3.51. The van der Waals surface area contributed by atoms with Gasteiger partial charge in [0.05, 0.1) is 12.8 Å². The van der Waals surface area contributed by atoms with Crippen molar-refractivity contribution >= 4 is 22.7 Å². The molecule has 0 saturated carbocycles. The fraction of sp³-hybridized carbons (Fsp3) is 0.103. The molecule has 2 heterocycles.